The molecule has 15 heavy (non-hydrogen) atoms. The van der Waals surface area contributed by atoms with Crippen molar-refractivity contribution in [1.82, 2.24) is 10.0 Å². The van der Waals surface area contributed by atoms with Crippen LogP contribution in [-0.4, -0.2) is 53.7 Å². The summed E-state index contributed by atoms with van der Waals surface area (Å²) in [4.78, 5) is 0. The average Bonchev–Trinajstić information content (AvgIpc) is 2.38. The summed E-state index contributed by atoms with van der Waals surface area (Å²) >= 11 is 0. The van der Waals surface area contributed by atoms with E-state index in [2.05, 4.69) is 10.0 Å². The van der Waals surface area contributed by atoms with Gasteiger partial charge in [-0.15, -0.1) is 0 Å². The molecule has 1 fully saturated rings. The Labute approximate surface area is 90.4 Å². The molecule has 2 N–H and O–H groups in total. The Balaban J connectivity index is 2.18. The van der Waals surface area contributed by atoms with Crippen LogP contribution in [0.15, 0.2) is 0 Å². The minimum atomic E-state index is -3.15. The first-order chi connectivity index (χ1) is 6.79. The summed E-state index contributed by atoms with van der Waals surface area (Å²) in [6, 6.07) is -0.0311. The lowest BCUT2D eigenvalue weighted by molar-refractivity contribution is 0.544. The van der Waals surface area contributed by atoms with Crippen molar-refractivity contribution < 1.29 is 16.8 Å². The fourth-order valence-corrected chi connectivity index (χ4v) is 3.65. The highest BCUT2D eigenvalue weighted by molar-refractivity contribution is 7.91. The van der Waals surface area contributed by atoms with E-state index in [4.69, 9.17) is 0 Å². The minimum absolute atomic E-state index is 0.0311. The van der Waals surface area contributed by atoms with Crippen molar-refractivity contribution in [3.8, 4) is 0 Å². The number of sulfonamides is 1. The van der Waals surface area contributed by atoms with Crippen molar-refractivity contribution in [3.05, 3.63) is 0 Å². The summed E-state index contributed by atoms with van der Waals surface area (Å²) < 4.78 is 45.9. The van der Waals surface area contributed by atoms with E-state index in [0.29, 0.717) is 13.0 Å². The van der Waals surface area contributed by atoms with Crippen LogP contribution < -0.4 is 10.0 Å². The molecule has 0 radical (unpaired) electrons. The standard InChI is InChI=1S/C7H16N2O4S2/c1-14(10,11)9-4-3-8-7-2-5-15(12,13)6-7/h7-9H,2-6H2,1H3. The summed E-state index contributed by atoms with van der Waals surface area (Å²) in [5.74, 6) is 0.385. The van der Waals surface area contributed by atoms with Gasteiger partial charge < -0.3 is 5.32 Å². The molecule has 1 aliphatic rings. The summed E-state index contributed by atoms with van der Waals surface area (Å²) in [6.45, 7) is 0.739. The third-order valence-corrected chi connectivity index (χ3v) is 4.65. The Hall–Kier alpha value is -0.180. The zero-order chi connectivity index (χ0) is 11.5. The molecule has 90 valence electrons. The van der Waals surface area contributed by atoms with Crippen LogP contribution in [-0.2, 0) is 19.9 Å². The van der Waals surface area contributed by atoms with Crippen LogP contribution >= 0.6 is 0 Å². The van der Waals surface area contributed by atoms with Crippen molar-refractivity contribution in [3.63, 3.8) is 0 Å². The molecular formula is C7H16N2O4S2. The molecule has 1 atom stereocenters. The average molecular weight is 256 g/mol. The van der Waals surface area contributed by atoms with Gasteiger partial charge in [0.05, 0.1) is 17.8 Å². The lowest BCUT2D eigenvalue weighted by Crippen LogP contribution is -2.37. The van der Waals surface area contributed by atoms with Crippen molar-refractivity contribution >= 4 is 19.9 Å². The minimum Gasteiger partial charge on any atom is -0.312 e. The molecule has 0 aromatic heterocycles. The predicted molar refractivity (Wildman–Crippen MR) is 57.9 cm³/mol. The summed E-state index contributed by atoms with van der Waals surface area (Å²) in [5, 5.41) is 3.00. The number of sulfone groups is 1. The molecule has 0 spiro atoms. The highest BCUT2D eigenvalue weighted by atomic mass is 32.2. The molecule has 0 aromatic carbocycles. The second-order valence-corrected chi connectivity index (χ2v) is 7.78. The number of nitrogens with one attached hydrogen (secondary N) is 2. The lowest BCUT2D eigenvalue weighted by Gasteiger charge is -2.10. The lowest BCUT2D eigenvalue weighted by atomic mass is 10.3. The first-order valence-corrected chi connectivity index (χ1v) is 8.38. The van der Waals surface area contributed by atoms with E-state index in [9.17, 15) is 16.8 Å². The third kappa shape index (κ3) is 5.45. The number of rotatable bonds is 5. The first-order valence-electron chi connectivity index (χ1n) is 4.67. The van der Waals surface area contributed by atoms with Crippen LogP contribution in [0.25, 0.3) is 0 Å². The van der Waals surface area contributed by atoms with Crippen LogP contribution in [0.4, 0.5) is 0 Å². The van der Waals surface area contributed by atoms with Gasteiger partial charge in [0, 0.05) is 19.1 Å². The van der Waals surface area contributed by atoms with Gasteiger partial charge in [0.25, 0.3) is 0 Å². The Morgan fingerprint density at radius 3 is 2.47 bits per heavy atom. The first kappa shape index (κ1) is 12.9. The number of hydrogen-bond donors (Lipinski definition) is 2. The zero-order valence-corrected chi connectivity index (χ0v) is 10.2. The van der Waals surface area contributed by atoms with Gasteiger partial charge >= 0.3 is 0 Å². The van der Waals surface area contributed by atoms with Crippen molar-refractivity contribution in [2.24, 2.45) is 0 Å². The van der Waals surface area contributed by atoms with Gasteiger partial charge in [0.15, 0.2) is 9.84 Å². The van der Waals surface area contributed by atoms with E-state index in [0.717, 1.165) is 6.26 Å². The van der Waals surface area contributed by atoms with Crippen molar-refractivity contribution in [2.75, 3.05) is 30.9 Å². The van der Waals surface area contributed by atoms with E-state index in [-0.39, 0.29) is 24.1 Å². The van der Waals surface area contributed by atoms with E-state index < -0.39 is 19.9 Å². The van der Waals surface area contributed by atoms with E-state index in [1.165, 1.54) is 0 Å². The molecule has 8 heteroatoms. The molecule has 1 heterocycles. The van der Waals surface area contributed by atoms with Gasteiger partial charge in [-0.2, -0.15) is 0 Å². The molecule has 0 saturated carbocycles. The second kappa shape index (κ2) is 4.77. The van der Waals surface area contributed by atoms with E-state index in [1.807, 2.05) is 0 Å². The summed E-state index contributed by atoms with van der Waals surface area (Å²) in [5.41, 5.74) is 0. The molecule has 0 aromatic rings. The molecule has 1 unspecified atom stereocenters. The maximum Gasteiger partial charge on any atom is 0.208 e. The van der Waals surface area contributed by atoms with Crippen LogP contribution in [0.1, 0.15) is 6.42 Å². The molecular weight excluding hydrogens is 240 g/mol. The van der Waals surface area contributed by atoms with Crippen molar-refractivity contribution in [2.45, 2.75) is 12.5 Å². The summed E-state index contributed by atoms with van der Waals surface area (Å²) in [7, 11) is -6.01. The largest absolute Gasteiger partial charge is 0.312 e. The van der Waals surface area contributed by atoms with Gasteiger partial charge in [-0.1, -0.05) is 0 Å². The van der Waals surface area contributed by atoms with Gasteiger partial charge in [-0.3, -0.25) is 0 Å². The topological polar surface area (TPSA) is 92.3 Å². The van der Waals surface area contributed by atoms with Crippen LogP contribution in [0.2, 0.25) is 0 Å². The molecule has 0 aliphatic carbocycles. The Bertz CT molecular complexity index is 401. The fraction of sp³-hybridized carbons (Fsp3) is 1.00. The van der Waals surface area contributed by atoms with Crippen LogP contribution in [0.5, 0.6) is 0 Å². The smallest absolute Gasteiger partial charge is 0.208 e. The van der Waals surface area contributed by atoms with Gasteiger partial charge in [0.2, 0.25) is 10.0 Å². The van der Waals surface area contributed by atoms with Crippen molar-refractivity contribution in [1.29, 1.82) is 0 Å². The molecule has 1 rings (SSSR count). The summed E-state index contributed by atoms with van der Waals surface area (Å²) in [6.07, 6.45) is 1.70. The SMILES string of the molecule is CS(=O)(=O)NCCNC1CCS(=O)(=O)C1. The van der Waals surface area contributed by atoms with Gasteiger partial charge in [0.1, 0.15) is 0 Å². The highest BCUT2D eigenvalue weighted by Gasteiger charge is 2.26. The maximum absolute atomic E-state index is 11.1. The molecule has 1 aliphatic heterocycles. The second-order valence-electron chi connectivity index (χ2n) is 3.72. The van der Waals surface area contributed by atoms with Crippen LogP contribution in [0, 0.1) is 0 Å². The highest BCUT2D eigenvalue weighted by Crippen LogP contribution is 2.10. The predicted octanol–water partition coefficient (Wildman–Crippen LogP) is -1.69. The number of hydrogen-bond acceptors (Lipinski definition) is 5. The Morgan fingerprint density at radius 1 is 1.33 bits per heavy atom. The molecule has 6 nitrogen and oxygen atoms in total. The Morgan fingerprint density at radius 2 is 2.00 bits per heavy atom. The third-order valence-electron chi connectivity index (χ3n) is 2.15. The quantitative estimate of drug-likeness (QED) is 0.573. The van der Waals surface area contributed by atoms with Crippen LogP contribution in [0.3, 0.4) is 0 Å². The van der Waals surface area contributed by atoms with E-state index >= 15 is 0 Å². The Kier molecular flexibility index (Phi) is 4.10. The van der Waals surface area contributed by atoms with E-state index in [1.54, 1.807) is 0 Å². The van der Waals surface area contributed by atoms with Gasteiger partial charge in [-0.25, -0.2) is 21.6 Å². The monoisotopic (exact) mass is 256 g/mol. The zero-order valence-electron chi connectivity index (χ0n) is 8.56. The molecule has 1 saturated heterocycles. The molecule has 0 amide bonds. The fourth-order valence-electron chi connectivity index (χ4n) is 1.47. The normalized spacial score (nSPS) is 25.5. The molecule has 0 bridgehead atoms. The maximum atomic E-state index is 11.1. The van der Waals surface area contributed by atoms with Gasteiger partial charge in [-0.05, 0) is 6.42 Å².